The number of fused-ring (bicyclic) bond motifs is 2. The maximum Gasteiger partial charge on any atom is 0.419 e. The minimum atomic E-state index is -0.628. The minimum Gasteiger partial charge on any atom is -0.408 e. The van der Waals surface area contributed by atoms with E-state index in [0.717, 1.165) is 44.6 Å². The number of carbonyl (C=O) groups excluding carboxylic acids is 1. The molecule has 1 amide bonds. The Morgan fingerprint density at radius 2 is 2.12 bits per heavy atom. The molecule has 0 bridgehead atoms. The number of aromatic nitrogens is 1. The van der Waals surface area contributed by atoms with Gasteiger partial charge in [0.1, 0.15) is 12.1 Å². The van der Waals surface area contributed by atoms with Crippen LogP contribution in [0.5, 0.6) is 0 Å². The number of benzene rings is 2. The first-order valence-corrected chi connectivity index (χ1v) is 12.0. The number of nitrogens with zero attached hydrogens (tertiary/aromatic N) is 2. The van der Waals surface area contributed by atoms with Crippen molar-refractivity contribution in [3.63, 3.8) is 0 Å². The van der Waals surface area contributed by atoms with Crippen LogP contribution in [0.15, 0.2) is 51.7 Å². The van der Waals surface area contributed by atoms with Crippen molar-refractivity contribution in [3.05, 3.63) is 57.9 Å². The normalized spacial score (nSPS) is 17.4. The van der Waals surface area contributed by atoms with Crippen LogP contribution in [0.3, 0.4) is 0 Å². The molecule has 1 saturated heterocycles. The number of amides is 1. The zero-order valence-corrected chi connectivity index (χ0v) is 19.5. The van der Waals surface area contributed by atoms with Gasteiger partial charge in [-0.1, -0.05) is 12.1 Å². The van der Waals surface area contributed by atoms with Crippen molar-refractivity contribution in [3.8, 4) is 17.2 Å². The number of hydrogen-bond donors (Lipinski definition) is 2. The van der Waals surface area contributed by atoms with Crippen LogP contribution in [0.4, 0.5) is 0 Å². The quantitative estimate of drug-likeness (QED) is 0.458. The Morgan fingerprint density at radius 1 is 1.29 bits per heavy atom. The molecule has 1 fully saturated rings. The van der Waals surface area contributed by atoms with Crippen LogP contribution in [0.25, 0.3) is 32.3 Å². The highest BCUT2D eigenvalue weighted by Crippen LogP contribution is 2.32. The summed E-state index contributed by atoms with van der Waals surface area (Å²) in [6, 6.07) is 15.5. The molecule has 174 valence electrons. The lowest BCUT2D eigenvalue weighted by molar-refractivity contribution is -0.132. The van der Waals surface area contributed by atoms with Crippen molar-refractivity contribution in [2.45, 2.75) is 25.0 Å². The Hall–Kier alpha value is -3.45. The summed E-state index contributed by atoms with van der Waals surface area (Å²) in [5, 5.41) is 16.7. The van der Waals surface area contributed by atoms with Crippen molar-refractivity contribution < 1.29 is 13.9 Å². The van der Waals surface area contributed by atoms with Gasteiger partial charge in [-0.05, 0) is 59.8 Å². The van der Waals surface area contributed by atoms with Gasteiger partial charge in [-0.25, -0.2) is 4.79 Å². The predicted octanol–water partition coefficient (Wildman–Crippen LogP) is 2.94. The number of thiophene rings is 1. The number of rotatable bonds is 5. The number of oxazole rings is 1. The number of aryl methyl sites for hydroxylation is 1. The number of hydrogen-bond acceptors (Lipinski definition) is 7. The third-order valence-electron chi connectivity index (χ3n) is 6.01. The second-order valence-electron chi connectivity index (χ2n) is 8.39. The molecule has 0 radical (unpaired) electrons. The first kappa shape index (κ1) is 22.3. The Kier molecular flexibility index (Phi) is 6.20. The van der Waals surface area contributed by atoms with Gasteiger partial charge in [0.2, 0.25) is 0 Å². The van der Waals surface area contributed by atoms with Crippen LogP contribution in [-0.2, 0) is 23.0 Å². The zero-order chi connectivity index (χ0) is 23.7. The van der Waals surface area contributed by atoms with Gasteiger partial charge < -0.3 is 19.8 Å². The van der Waals surface area contributed by atoms with Gasteiger partial charge in [0, 0.05) is 36.2 Å². The Bertz CT molecular complexity index is 1450. The van der Waals surface area contributed by atoms with Crippen molar-refractivity contribution in [2.75, 3.05) is 19.7 Å². The smallest absolute Gasteiger partial charge is 0.408 e. The van der Waals surface area contributed by atoms with Crippen LogP contribution in [-0.4, -0.2) is 42.3 Å². The maximum atomic E-state index is 12.6. The summed E-state index contributed by atoms with van der Waals surface area (Å²) in [5.74, 6) is -0.639. The van der Waals surface area contributed by atoms with E-state index in [-0.39, 0.29) is 11.7 Å². The van der Waals surface area contributed by atoms with Gasteiger partial charge in [0.25, 0.3) is 5.91 Å². The van der Waals surface area contributed by atoms with Crippen molar-refractivity contribution in [1.29, 1.82) is 5.26 Å². The summed E-state index contributed by atoms with van der Waals surface area (Å²) >= 11 is 1.61. The first-order chi connectivity index (χ1) is 16.5. The Morgan fingerprint density at radius 3 is 2.97 bits per heavy atom. The molecule has 3 heterocycles. The molecule has 9 heteroatoms. The summed E-state index contributed by atoms with van der Waals surface area (Å²) in [5.41, 5.74) is 3.31. The molecule has 2 aromatic heterocycles. The van der Waals surface area contributed by atoms with E-state index in [0.29, 0.717) is 25.2 Å². The van der Waals surface area contributed by atoms with E-state index < -0.39 is 12.1 Å². The van der Waals surface area contributed by atoms with Crippen molar-refractivity contribution in [1.82, 2.24) is 15.2 Å². The monoisotopic (exact) mass is 476 g/mol. The minimum absolute atomic E-state index is 0.256. The van der Waals surface area contributed by atoms with E-state index >= 15 is 0 Å². The summed E-state index contributed by atoms with van der Waals surface area (Å²) < 4.78 is 13.4. The van der Waals surface area contributed by atoms with Crippen LogP contribution in [0.2, 0.25) is 0 Å². The van der Waals surface area contributed by atoms with Crippen LogP contribution in [0, 0.1) is 11.3 Å². The first-order valence-electron chi connectivity index (χ1n) is 11.2. The molecule has 8 nitrogen and oxygen atoms in total. The molecule has 4 aromatic rings. The molecule has 2 aromatic carbocycles. The van der Waals surface area contributed by atoms with Crippen LogP contribution >= 0.6 is 11.3 Å². The fourth-order valence-corrected chi connectivity index (χ4v) is 5.25. The van der Waals surface area contributed by atoms with Gasteiger partial charge in [-0.3, -0.25) is 9.36 Å². The third-order valence-corrected chi connectivity index (χ3v) is 7.15. The third kappa shape index (κ3) is 4.48. The van der Waals surface area contributed by atoms with Gasteiger partial charge in [-0.15, -0.1) is 11.3 Å². The van der Waals surface area contributed by atoms with E-state index in [4.69, 9.17) is 9.15 Å². The summed E-state index contributed by atoms with van der Waals surface area (Å²) in [6.45, 7) is 1.81. The summed E-state index contributed by atoms with van der Waals surface area (Å²) in [7, 11) is 1.69. The Labute approximate surface area is 199 Å². The lowest BCUT2D eigenvalue weighted by Gasteiger charge is -2.17. The second-order valence-corrected chi connectivity index (χ2v) is 9.55. The average molecular weight is 477 g/mol. The average Bonchev–Trinajstić information content (AvgIpc) is 3.22. The van der Waals surface area contributed by atoms with E-state index in [1.54, 1.807) is 18.4 Å². The topological polar surface area (TPSA) is 109 Å². The highest BCUT2D eigenvalue weighted by Gasteiger charge is 2.23. The number of nitrogens with one attached hydrogen (secondary N) is 2. The number of nitriles is 1. The molecular formula is C25H24N4O4S. The fourth-order valence-electron chi connectivity index (χ4n) is 4.16. The molecule has 2 atom stereocenters. The molecule has 34 heavy (non-hydrogen) atoms. The van der Waals surface area contributed by atoms with Gasteiger partial charge in [0.05, 0.1) is 11.6 Å². The van der Waals surface area contributed by atoms with Crippen LogP contribution < -0.4 is 16.4 Å². The molecule has 2 N–H and O–H groups in total. The fraction of sp³-hybridized carbons (Fsp3) is 0.320. The highest BCUT2D eigenvalue weighted by atomic mass is 32.1. The molecule has 1 aliphatic rings. The van der Waals surface area contributed by atoms with Crippen molar-refractivity contribution in [2.24, 2.45) is 7.05 Å². The molecule has 5 rings (SSSR count). The summed E-state index contributed by atoms with van der Waals surface area (Å²) in [6.07, 6.45) is 0.721. The maximum absolute atomic E-state index is 12.6. The van der Waals surface area contributed by atoms with E-state index in [2.05, 4.69) is 34.9 Å². The SMILES string of the molecule is Cn1c(=O)oc2ccc(-c3ccc4sc(CC(C#N)NC(=O)C5CNCCCO5)cc4c3)cc21. The second kappa shape index (κ2) is 9.43. The number of carbonyl (C=O) groups is 1. The van der Waals surface area contributed by atoms with Gasteiger partial charge >= 0.3 is 5.76 Å². The predicted molar refractivity (Wildman–Crippen MR) is 131 cm³/mol. The standard InChI is InChI=1S/C25H24N4O4S/c1-29-20-11-16(3-5-21(20)33-25(29)31)15-4-6-23-17(9-15)10-19(34-23)12-18(13-26)28-24(30)22-14-27-7-2-8-32-22/h3-6,9-11,18,22,27H,2,7-8,12,14H2,1H3,(H,28,30). The molecule has 0 spiro atoms. The van der Waals surface area contributed by atoms with Crippen molar-refractivity contribution >= 4 is 38.4 Å². The lowest BCUT2D eigenvalue weighted by Crippen LogP contribution is -2.46. The van der Waals surface area contributed by atoms with E-state index in [1.165, 1.54) is 4.57 Å². The highest BCUT2D eigenvalue weighted by molar-refractivity contribution is 7.19. The lowest BCUT2D eigenvalue weighted by atomic mass is 10.0. The van der Waals surface area contributed by atoms with Crippen LogP contribution in [0.1, 0.15) is 11.3 Å². The van der Waals surface area contributed by atoms with E-state index in [1.807, 2.05) is 24.3 Å². The number of ether oxygens (including phenoxy) is 1. The summed E-state index contributed by atoms with van der Waals surface area (Å²) in [4.78, 5) is 25.4. The van der Waals surface area contributed by atoms with Gasteiger partial charge in [-0.2, -0.15) is 5.26 Å². The van der Waals surface area contributed by atoms with E-state index in [9.17, 15) is 14.9 Å². The Balaban J connectivity index is 1.34. The largest absolute Gasteiger partial charge is 0.419 e. The molecule has 0 aliphatic carbocycles. The zero-order valence-electron chi connectivity index (χ0n) is 18.7. The van der Waals surface area contributed by atoms with Gasteiger partial charge in [0.15, 0.2) is 5.58 Å². The molecule has 1 aliphatic heterocycles. The molecular weight excluding hydrogens is 452 g/mol. The molecule has 2 unspecified atom stereocenters. The molecule has 0 saturated carbocycles.